The first kappa shape index (κ1) is 16.8. The number of nitrogens with two attached hydrogens (primary N) is 1. The van der Waals surface area contributed by atoms with Crippen LogP contribution in [0.5, 0.6) is 5.75 Å². The average Bonchev–Trinajstić information content (AvgIpc) is 2.49. The van der Waals surface area contributed by atoms with E-state index in [0.717, 1.165) is 4.47 Å². The molecular weight excluding hydrogens is 350 g/mol. The van der Waals surface area contributed by atoms with Crippen LogP contribution in [0.15, 0.2) is 28.7 Å². The van der Waals surface area contributed by atoms with Gasteiger partial charge in [0.05, 0.1) is 6.54 Å². The molecule has 0 saturated carbocycles. The second kappa shape index (κ2) is 7.60. The minimum Gasteiger partial charge on any atom is -0.481 e. The van der Waals surface area contributed by atoms with Crippen molar-refractivity contribution < 1.29 is 14.3 Å². The molecule has 1 unspecified atom stereocenters. The minimum atomic E-state index is -0.538. The van der Waals surface area contributed by atoms with Gasteiger partial charge in [-0.3, -0.25) is 14.5 Å². The summed E-state index contributed by atoms with van der Waals surface area (Å²) in [6.45, 7) is 4.47. The predicted octanol–water partition coefficient (Wildman–Crippen LogP) is 0.846. The fourth-order valence-corrected chi connectivity index (χ4v) is 2.64. The molecule has 22 heavy (non-hydrogen) atoms. The van der Waals surface area contributed by atoms with Gasteiger partial charge in [-0.15, -0.1) is 0 Å². The highest BCUT2D eigenvalue weighted by molar-refractivity contribution is 9.10. The molecule has 1 aliphatic heterocycles. The second-order valence-electron chi connectivity index (χ2n) is 5.28. The molecule has 1 heterocycles. The van der Waals surface area contributed by atoms with Crippen LogP contribution in [0.3, 0.4) is 0 Å². The number of amides is 2. The fourth-order valence-electron chi connectivity index (χ4n) is 2.37. The van der Waals surface area contributed by atoms with E-state index < -0.39 is 6.10 Å². The zero-order valence-corrected chi connectivity index (χ0v) is 14.1. The van der Waals surface area contributed by atoms with Crippen LogP contribution in [0, 0.1) is 0 Å². The molecule has 0 spiro atoms. The molecule has 0 bridgehead atoms. The maximum absolute atomic E-state index is 12.4. The Morgan fingerprint density at radius 2 is 1.82 bits per heavy atom. The smallest absolute Gasteiger partial charge is 0.263 e. The summed E-state index contributed by atoms with van der Waals surface area (Å²) in [4.78, 5) is 27.0. The van der Waals surface area contributed by atoms with Gasteiger partial charge in [-0.1, -0.05) is 15.9 Å². The largest absolute Gasteiger partial charge is 0.481 e. The van der Waals surface area contributed by atoms with Crippen molar-refractivity contribution in [3.05, 3.63) is 28.7 Å². The maximum Gasteiger partial charge on any atom is 0.263 e. The molecule has 2 N–H and O–H groups in total. The van der Waals surface area contributed by atoms with E-state index in [9.17, 15) is 9.59 Å². The number of rotatable bonds is 5. The molecule has 0 radical (unpaired) electrons. The molecule has 0 aliphatic carbocycles. The van der Waals surface area contributed by atoms with Gasteiger partial charge in [-0.25, -0.2) is 0 Å². The third-order valence-corrected chi connectivity index (χ3v) is 4.07. The van der Waals surface area contributed by atoms with Crippen molar-refractivity contribution in [1.29, 1.82) is 0 Å². The zero-order valence-electron chi connectivity index (χ0n) is 12.5. The van der Waals surface area contributed by atoms with E-state index in [1.165, 1.54) is 0 Å². The van der Waals surface area contributed by atoms with Crippen molar-refractivity contribution in [3.8, 4) is 5.75 Å². The Labute approximate surface area is 138 Å². The van der Waals surface area contributed by atoms with E-state index in [-0.39, 0.29) is 18.4 Å². The Hall–Kier alpha value is -1.60. The number of hydrogen-bond donors (Lipinski definition) is 1. The second-order valence-corrected chi connectivity index (χ2v) is 6.20. The normalized spacial score (nSPS) is 17.1. The number of benzene rings is 1. The van der Waals surface area contributed by atoms with Gasteiger partial charge in [-0.2, -0.15) is 0 Å². The number of piperazine rings is 1. The molecule has 7 heteroatoms. The highest BCUT2D eigenvalue weighted by atomic mass is 79.9. The van der Waals surface area contributed by atoms with E-state index in [1.807, 2.05) is 29.2 Å². The lowest BCUT2D eigenvalue weighted by atomic mass is 10.2. The van der Waals surface area contributed by atoms with Crippen LogP contribution in [0.1, 0.15) is 6.92 Å². The van der Waals surface area contributed by atoms with Crippen LogP contribution in [-0.4, -0.2) is 60.4 Å². The number of ether oxygens (including phenoxy) is 1. The summed E-state index contributed by atoms with van der Waals surface area (Å²) in [6.07, 6.45) is -0.538. The number of primary amides is 1. The molecule has 120 valence electrons. The standard InChI is InChI=1S/C15H20BrN3O3/c1-11(22-13-4-2-12(16)3-5-13)15(21)19-8-6-18(7-9-19)10-14(17)20/h2-5,11H,6-10H2,1H3,(H2,17,20). The van der Waals surface area contributed by atoms with Crippen molar-refractivity contribution in [2.45, 2.75) is 13.0 Å². The molecular formula is C15H20BrN3O3. The summed E-state index contributed by atoms with van der Waals surface area (Å²) in [6, 6.07) is 7.38. The zero-order chi connectivity index (χ0) is 16.1. The van der Waals surface area contributed by atoms with Gasteiger partial charge in [0, 0.05) is 30.7 Å². The Kier molecular flexibility index (Phi) is 5.79. The Morgan fingerprint density at radius 3 is 2.36 bits per heavy atom. The quantitative estimate of drug-likeness (QED) is 0.834. The Bertz CT molecular complexity index is 527. The summed E-state index contributed by atoms with van der Waals surface area (Å²) in [5, 5.41) is 0. The van der Waals surface area contributed by atoms with Crippen LogP contribution in [-0.2, 0) is 9.59 Å². The average molecular weight is 370 g/mol. The summed E-state index contributed by atoms with van der Waals surface area (Å²) < 4.78 is 6.64. The van der Waals surface area contributed by atoms with Gasteiger partial charge in [0.2, 0.25) is 5.91 Å². The number of hydrogen-bond acceptors (Lipinski definition) is 4. The first-order chi connectivity index (χ1) is 10.5. The van der Waals surface area contributed by atoms with E-state index in [1.54, 1.807) is 11.8 Å². The van der Waals surface area contributed by atoms with Crippen LogP contribution in [0.4, 0.5) is 0 Å². The Balaban J connectivity index is 1.84. The van der Waals surface area contributed by atoms with Crippen LogP contribution >= 0.6 is 15.9 Å². The van der Waals surface area contributed by atoms with Gasteiger partial charge in [-0.05, 0) is 31.2 Å². The highest BCUT2D eigenvalue weighted by Crippen LogP contribution is 2.18. The molecule has 2 amide bonds. The number of nitrogens with zero attached hydrogens (tertiary/aromatic N) is 2. The third kappa shape index (κ3) is 4.71. The van der Waals surface area contributed by atoms with Crippen molar-refractivity contribution in [2.75, 3.05) is 32.7 Å². The molecule has 0 aromatic heterocycles. The van der Waals surface area contributed by atoms with Gasteiger partial charge < -0.3 is 15.4 Å². The molecule has 1 aromatic rings. The van der Waals surface area contributed by atoms with Gasteiger partial charge in [0.25, 0.3) is 5.91 Å². The predicted molar refractivity (Wildman–Crippen MR) is 86.4 cm³/mol. The fraction of sp³-hybridized carbons (Fsp3) is 0.467. The van der Waals surface area contributed by atoms with Crippen molar-refractivity contribution in [3.63, 3.8) is 0 Å². The van der Waals surface area contributed by atoms with Crippen LogP contribution in [0.2, 0.25) is 0 Å². The Morgan fingerprint density at radius 1 is 1.23 bits per heavy atom. The minimum absolute atomic E-state index is 0.0401. The van der Waals surface area contributed by atoms with E-state index in [4.69, 9.17) is 10.5 Å². The highest BCUT2D eigenvalue weighted by Gasteiger charge is 2.26. The molecule has 1 saturated heterocycles. The third-order valence-electron chi connectivity index (χ3n) is 3.54. The number of carbonyl (C=O) groups excluding carboxylic acids is 2. The van der Waals surface area contributed by atoms with E-state index >= 15 is 0 Å². The van der Waals surface area contributed by atoms with E-state index in [0.29, 0.717) is 31.9 Å². The number of halogens is 1. The number of carbonyl (C=O) groups is 2. The first-order valence-corrected chi connectivity index (χ1v) is 7.96. The molecule has 2 rings (SSSR count). The molecule has 1 aliphatic rings. The first-order valence-electron chi connectivity index (χ1n) is 7.17. The van der Waals surface area contributed by atoms with Crippen LogP contribution < -0.4 is 10.5 Å². The summed E-state index contributed by atoms with van der Waals surface area (Å²) in [7, 11) is 0. The summed E-state index contributed by atoms with van der Waals surface area (Å²) in [5.41, 5.74) is 5.18. The SMILES string of the molecule is CC(Oc1ccc(Br)cc1)C(=O)N1CCN(CC(N)=O)CC1. The molecule has 1 atom stereocenters. The lowest BCUT2D eigenvalue weighted by Gasteiger charge is -2.35. The molecule has 1 aromatic carbocycles. The van der Waals surface area contributed by atoms with Crippen molar-refractivity contribution in [1.82, 2.24) is 9.80 Å². The molecule has 1 fully saturated rings. The summed E-state index contributed by atoms with van der Waals surface area (Å²) in [5.74, 6) is 0.282. The van der Waals surface area contributed by atoms with Gasteiger partial charge >= 0.3 is 0 Å². The topological polar surface area (TPSA) is 75.9 Å². The summed E-state index contributed by atoms with van der Waals surface area (Å²) >= 11 is 3.36. The lowest BCUT2D eigenvalue weighted by molar-refractivity contribution is -0.139. The van der Waals surface area contributed by atoms with E-state index in [2.05, 4.69) is 15.9 Å². The van der Waals surface area contributed by atoms with Gasteiger partial charge in [0.1, 0.15) is 5.75 Å². The maximum atomic E-state index is 12.4. The van der Waals surface area contributed by atoms with Crippen molar-refractivity contribution >= 4 is 27.7 Å². The lowest BCUT2D eigenvalue weighted by Crippen LogP contribution is -2.53. The molecule has 6 nitrogen and oxygen atoms in total. The monoisotopic (exact) mass is 369 g/mol. The van der Waals surface area contributed by atoms with Crippen molar-refractivity contribution in [2.24, 2.45) is 5.73 Å². The van der Waals surface area contributed by atoms with Gasteiger partial charge in [0.15, 0.2) is 6.10 Å². The van der Waals surface area contributed by atoms with Crippen LogP contribution in [0.25, 0.3) is 0 Å².